The molecule has 1 aromatic carbocycles. The van der Waals surface area contributed by atoms with Crippen LogP contribution in [0.3, 0.4) is 0 Å². The summed E-state index contributed by atoms with van der Waals surface area (Å²) in [5.74, 6) is 1.86. The Morgan fingerprint density at radius 3 is 2.67 bits per heavy atom. The van der Waals surface area contributed by atoms with Gasteiger partial charge in [0.15, 0.2) is 5.16 Å². The van der Waals surface area contributed by atoms with E-state index >= 15 is 0 Å². The van der Waals surface area contributed by atoms with Crippen LogP contribution in [0.5, 0.6) is 0 Å². The lowest BCUT2D eigenvalue weighted by atomic mass is 10.2. The molecule has 0 aliphatic carbocycles. The Morgan fingerprint density at radius 2 is 1.95 bits per heavy atom. The van der Waals surface area contributed by atoms with Crippen molar-refractivity contribution >= 4 is 34.7 Å². The number of hydrogen-bond donors (Lipinski definition) is 0. The van der Waals surface area contributed by atoms with Gasteiger partial charge in [0.05, 0.1) is 0 Å². The van der Waals surface area contributed by atoms with E-state index < -0.39 is 0 Å². The molecule has 6 heteroatoms. The van der Waals surface area contributed by atoms with Crippen LogP contribution in [0.25, 0.3) is 0 Å². The van der Waals surface area contributed by atoms with Crippen molar-refractivity contribution in [3.63, 3.8) is 0 Å². The van der Waals surface area contributed by atoms with Crippen LogP contribution in [0.1, 0.15) is 17.0 Å². The molecule has 0 radical (unpaired) electrons. The molecule has 0 aliphatic heterocycles. The predicted octanol–water partition coefficient (Wildman–Crippen LogP) is 4.41. The first kappa shape index (κ1) is 14.6. The lowest BCUT2D eigenvalue weighted by Crippen LogP contribution is -1.99. The second-order valence-electron chi connectivity index (χ2n) is 4.68. The number of thiophene rings is 1. The highest BCUT2D eigenvalue weighted by Gasteiger charge is 2.10. The van der Waals surface area contributed by atoms with E-state index in [1.54, 1.807) is 23.1 Å². The Bertz CT molecular complexity index is 705. The molecule has 0 spiro atoms. The Hall–Kier alpha value is -1.30. The van der Waals surface area contributed by atoms with Crippen LogP contribution in [0.2, 0.25) is 5.02 Å². The average molecular weight is 336 g/mol. The summed E-state index contributed by atoms with van der Waals surface area (Å²) in [6.45, 7) is 0. The quantitative estimate of drug-likeness (QED) is 0.647. The van der Waals surface area contributed by atoms with Gasteiger partial charge in [-0.3, -0.25) is 0 Å². The molecular weight excluding hydrogens is 322 g/mol. The van der Waals surface area contributed by atoms with Gasteiger partial charge in [0.25, 0.3) is 0 Å². The van der Waals surface area contributed by atoms with Crippen LogP contribution in [0, 0.1) is 0 Å². The minimum Gasteiger partial charge on any atom is -0.309 e. The molecule has 0 saturated carbocycles. The van der Waals surface area contributed by atoms with Gasteiger partial charge in [-0.25, -0.2) is 0 Å². The van der Waals surface area contributed by atoms with Gasteiger partial charge in [-0.2, -0.15) is 11.3 Å². The van der Waals surface area contributed by atoms with Crippen molar-refractivity contribution < 1.29 is 0 Å². The predicted molar refractivity (Wildman–Crippen MR) is 89.1 cm³/mol. The van der Waals surface area contributed by atoms with Gasteiger partial charge in [-0.15, -0.1) is 10.2 Å². The zero-order valence-corrected chi connectivity index (χ0v) is 13.9. The van der Waals surface area contributed by atoms with Crippen LogP contribution >= 0.6 is 34.7 Å². The Morgan fingerprint density at radius 1 is 1.14 bits per heavy atom. The molecule has 3 rings (SSSR count). The standard InChI is InChI=1S/C15H14ClN3S2/c1-19-14(8-12-6-7-20-9-12)17-18-15(19)21-10-11-2-4-13(16)5-3-11/h2-7,9H,8,10H2,1H3. The van der Waals surface area contributed by atoms with Crippen LogP contribution in [0.4, 0.5) is 0 Å². The molecule has 0 amide bonds. The molecule has 3 aromatic rings. The fraction of sp³-hybridized carbons (Fsp3) is 0.200. The fourth-order valence-electron chi connectivity index (χ4n) is 1.93. The maximum Gasteiger partial charge on any atom is 0.191 e. The summed E-state index contributed by atoms with van der Waals surface area (Å²) in [4.78, 5) is 0. The van der Waals surface area contributed by atoms with Crippen LogP contribution in [-0.4, -0.2) is 14.8 Å². The van der Waals surface area contributed by atoms with Gasteiger partial charge in [0, 0.05) is 24.2 Å². The van der Waals surface area contributed by atoms with E-state index in [4.69, 9.17) is 11.6 Å². The summed E-state index contributed by atoms with van der Waals surface area (Å²) in [5, 5.41) is 14.5. The first-order valence-electron chi connectivity index (χ1n) is 6.49. The van der Waals surface area contributed by atoms with E-state index in [1.807, 2.05) is 31.3 Å². The molecule has 21 heavy (non-hydrogen) atoms. The minimum absolute atomic E-state index is 0.764. The first-order chi connectivity index (χ1) is 10.2. The molecule has 0 bridgehead atoms. The molecule has 2 heterocycles. The molecular formula is C15H14ClN3S2. The van der Waals surface area contributed by atoms with Crippen molar-refractivity contribution in [2.75, 3.05) is 0 Å². The highest BCUT2D eigenvalue weighted by molar-refractivity contribution is 7.98. The number of thioether (sulfide) groups is 1. The summed E-state index contributed by atoms with van der Waals surface area (Å²) < 4.78 is 2.07. The number of hydrogen-bond acceptors (Lipinski definition) is 4. The molecule has 0 saturated heterocycles. The van der Waals surface area contributed by atoms with E-state index in [9.17, 15) is 0 Å². The van der Waals surface area contributed by atoms with Gasteiger partial charge in [-0.05, 0) is 40.1 Å². The number of halogens is 1. The van der Waals surface area contributed by atoms with E-state index in [1.165, 1.54) is 11.1 Å². The molecule has 2 aromatic heterocycles. The minimum atomic E-state index is 0.764. The Balaban J connectivity index is 1.66. The van der Waals surface area contributed by atoms with Crippen molar-refractivity contribution in [1.82, 2.24) is 14.8 Å². The maximum absolute atomic E-state index is 5.89. The first-order valence-corrected chi connectivity index (χ1v) is 8.79. The number of nitrogens with zero attached hydrogens (tertiary/aromatic N) is 3. The molecule has 0 atom stereocenters. The number of rotatable bonds is 5. The second-order valence-corrected chi connectivity index (χ2v) is 6.84. The van der Waals surface area contributed by atoms with Crippen molar-refractivity contribution in [3.05, 3.63) is 63.1 Å². The molecule has 0 unspecified atom stereocenters. The van der Waals surface area contributed by atoms with Crippen molar-refractivity contribution in [2.24, 2.45) is 7.05 Å². The zero-order valence-electron chi connectivity index (χ0n) is 11.5. The van der Waals surface area contributed by atoms with E-state index in [-0.39, 0.29) is 0 Å². The van der Waals surface area contributed by atoms with E-state index in [0.717, 1.165) is 28.2 Å². The third kappa shape index (κ3) is 3.67. The summed E-state index contributed by atoms with van der Waals surface area (Å²) in [6.07, 6.45) is 0.828. The molecule has 108 valence electrons. The highest BCUT2D eigenvalue weighted by Crippen LogP contribution is 2.23. The van der Waals surface area contributed by atoms with Gasteiger partial charge in [-0.1, -0.05) is 35.5 Å². The Kier molecular flexibility index (Phi) is 4.63. The normalized spacial score (nSPS) is 11.0. The number of aromatic nitrogens is 3. The molecule has 0 fully saturated rings. The monoisotopic (exact) mass is 335 g/mol. The van der Waals surface area contributed by atoms with Crippen LogP contribution < -0.4 is 0 Å². The van der Waals surface area contributed by atoms with Crippen molar-refractivity contribution in [1.29, 1.82) is 0 Å². The molecule has 0 aliphatic rings. The lowest BCUT2D eigenvalue weighted by Gasteiger charge is -2.03. The van der Waals surface area contributed by atoms with Crippen molar-refractivity contribution in [3.8, 4) is 0 Å². The summed E-state index contributed by atoms with van der Waals surface area (Å²) in [7, 11) is 2.02. The van der Waals surface area contributed by atoms with Crippen LogP contribution in [-0.2, 0) is 19.2 Å². The van der Waals surface area contributed by atoms with E-state index in [2.05, 4.69) is 31.6 Å². The summed E-state index contributed by atoms with van der Waals surface area (Å²) in [6, 6.07) is 10.0. The smallest absolute Gasteiger partial charge is 0.191 e. The number of benzene rings is 1. The molecule has 0 N–H and O–H groups in total. The van der Waals surface area contributed by atoms with Crippen molar-refractivity contribution in [2.45, 2.75) is 17.3 Å². The largest absolute Gasteiger partial charge is 0.309 e. The third-order valence-electron chi connectivity index (χ3n) is 3.15. The Labute approximate surface area is 137 Å². The van der Waals surface area contributed by atoms with Crippen LogP contribution in [0.15, 0.2) is 46.2 Å². The van der Waals surface area contributed by atoms with Gasteiger partial charge < -0.3 is 4.57 Å². The molecule has 3 nitrogen and oxygen atoms in total. The van der Waals surface area contributed by atoms with E-state index in [0.29, 0.717) is 0 Å². The zero-order chi connectivity index (χ0) is 14.7. The fourth-order valence-corrected chi connectivity index (χ4v) is 3.61. The second kappa shape index (κ2) is 6.64. The van der Waals surface area contributed by atoms with Gasteiger partial charge in [0.1, 0.15) is 5.82 Å². The highest BCUT2D eigenvalue weighted by atomic mass is 35.5. The summed E-state index contributed by atoms with van der Waals surface area (Å²) in [5.41, 5.74) is 2.51. The van der Waals surface area contributed by atoms with Gasteiger partial charge in [0.2, 0.25) is 0 Å². The average Bonchev–Trinajstić information content (AvgIpc) is 3.11. The topological polar surface area (TPSA) is 30.7 Å². The van der Waals surface area contributed by atoms with Gasteiger partial charge >= 0.3 is 0 Å². The lowest BCUT2D eigenvalue weighted by molar-refractivity contribution is 0.749. The summed E-state index contributed by atoms with van der Waals surface area (Å²) >= 11 is 9.29. The maximum atomic E-state index is 5.89. The SMILES string of the molecule is Cn1c(Cc2ccsc2)nnc1SCc1ccc(Cl)cc1. The third-order valence-corrected chi connectivity index (χ3v) is 5.22.